The molecule has 4 heteroatoms. The van der Waals surface area contributed by atoms with Gasteiger partial charge in [-0.15, -0.1) is 0 Å². The average Bonchev–Trinajstić information content (AvgIpc) is 2.11. The predicted molar refractivity (Wildman–Crippen MR) is 48.1 cm³/mol. The molecule has 0 radical (unpaired) electrons. The van der Waals surface area contributed by atoms with Crippen molar-refractivity contribution >= 4 is 0 Å². The Bertz CT molecular complexity index is 286. The standard InChI is InChI=1S/C9H11N3O/c1-12(2)5-4-9(13-3)8(6-10)7-11/h4-5H,1-3H3/b5-4-. The van der Waals surface area contributed by atoms with E-state index in [4.69, 9.17) is 15.3 Å². The highest BCUT2D eigenvalue weighted by Crippen LogP contribution is 2.05. The van der Waals surface area contributed by atoms with Gasteiger partial charge in [-0.05, 0) is 6.08 Å². The summed E-state index contributed by atoms with van der Waals surface area (Å²) < 4.78 is 4.87. The summed E-state index contributed by atoms with van der Waals surface area (Å²) in [4.78, 5) is 1.78. The lowest BCUT2D eigenvalue weighted by Crippen LogP contribution is -2.01. The smallest absolute Gasteiger partial charge is 0.171 e. The van der Waals surface area contributed by atoms with Crippen LogP contribution in [0.15, 0.2) is 23.6 Å². The van der Waals surface area contributed by atoms with Crippen molar-refractivity contribution in [1.82, 2.24) is 4.90 Å². The normalized spacial score (nSPS) is 8.69. The van der Waals surface area contributed by atoms with Crippen LogP contribution >= 0.6 is 0 Å². The minimum atomic E-state index is -0.0272. The molecule has 0 heterocycles. The topological polar surface area (TPSA) is 60.0 Å². The highest BCUT2D eigenvalue weighted by Gasteiger charge is 2.01. The van der Waals surface area contributed by atoms with E-state index in [-0.39, 0.29) is 11.3 Å². The Labute approximate surface area is 77.9 Å². The second-order valence-electron chi connectivity index (χ2n) is 2.45. The Kier molecular flexibility index (Phi) is 4.83. The molecule has 0 aromatic carbocycles. The first-order valence-electron chi connectivity index (χ1n) is 3.58. The molecule has 0 aliphatic heterocycles. The lowest BCUT2D eigenvalue weighted by molar-refractivity contribution is 0.304. The number of ether oxygens (including phenoxy) is 1. The van der Waals surface area contributed by atoms with E-state index in [1.54, 1.807) is 29.3 Å². The van der Waals surface area contributed by atoms with Crippen molar-refractivity contribution in [3.05, 3.63) is 23.6 Å². The number of nitrogens with zero attached hydrogens (tertiary/aromatic N) is 3. The van der Waals surface area contributed by atoms with Gasteiger partial charge in [-0.25, -0.2) is 0 Å². The molecule has 0 spiro atoms. The number of allylic oxidation sites excluding steroid dienone is 2. The lowest BCUT2D eigenvalue weighted by atomic mass is 10.2. The minimum absolute atomic E-state index is 0.0272. The first kappa shape index (κ1) is 11.1. The summed E-state index contributed by atoms with van der Waals surface area (Å²) in [6, 6.07) is 3.50. The van der Waals surface area contributed by atoms with Gasteiger partial charge >= 0.3 is 0 Å². The van der Waals surface area contributed by atoms with Crippen LogP contribution < -0.4 is 0 Å². The summed E-state index contributed by atoms with van der Waals surface area (Å²) in [5.74, 6) is 0.277. The van der Waals surface area contributed by atoms with Gasteiger partial charge < -0.3 is 9.64 Å². The lowest BCUT2D eigenvalue weighted by Gasteiger charge is -2.04. The molecular weight excluding hydrogens is 166 g/mol. The second-order valence-corrected chi connectivity index (χ2v) is 2.45. The van der Waals surface area contributed by atoms with Crippen molar-refractivity contribution < 1.29 is 4.74 Å². The van der Waals surface area contributed by atoms with Gasteiger partial charge in [0.15, 0.2) is 5.57 Å². The maximum absolute atomic E-state index is 8.53. The molecule has 0 saturated carbocycles. The molecule has 0 aliphatic rings. The predicted octanol–water partition coefficient (Wildman–Crippen LogP) is 1.01. The van der Waals surface area contributed by atoms with Crippen LogP contribution in [0.25, 0.3) is 0 Å². The molecule has 0 saturated heterocycles. The summed E-state index contributed by atoms with van der Waals surface area (Å²) in [5.41, 5.74) is -0.0272. The second kappa shape index (κ2) is 5.68. The number of hydrogen-bond donors (Lipinski definition) is 0. The average molecular weight is 177 g/mol. The minimum Gasteiger partial charge on any atom is -0.495 e. The van der Waals surface area contributed by atoms with E-state index >= 15 is 0 Å². The van der Waals surface area contributed by atoms with E-state index in [9.17, 15) is 0 Å². The molecule has 0 fully saturated rings. The summed E-state index contributed by atoms with van der Waals surface area (Å²) >= 11 is 0. The molecule has 68 valence electrons. The van der Waals surface area contributed by atoms with Gasteiger partial charge in [0.25, 0.3) is 0 Å². The molecular formula is C9H11N3O. The third-order valence-electron chi connectivity index (χ3n) is 1.21. The van der Waals surface area contributed by atoms with Gasteiger partial charge in [0.05, 0.1) is 7.11 Å². The first-order valence-corrected chi connectivity index (χ1v) is 3.58. The van der Waals surface area contributed by atoms with Gasteiger partial charge in [0, 0.05) is 20.3 Å². The van der Waals surface area contributed by atoms with Gasteiger partial charge in [-0.2, -0.15) is 10.5 Å². The van der Waals surface area contributed by atoms with Gasteiger partial charge in [0.2, 0.25) is 0 Å². The number of nitriles is 2. The largest absolute Gasteiger partial charge is 0.495 e. The monoisotopic (exact) mass is 177 g/mol. The van der Waals surface area contributed by atoms with Gasteiger partial charge in [-0.1, -0.05) is 0 Å². The van der Waals surface area contributed by atoms with Crippen LogP contribution in [-0.2, 0) is 4.74 Å². The third-order valence-corrected chi connectivity index (χ3v) is 1.21. The van der Waals surface area contributed by atoms with Crippen LogP contribution in [0.4, 0.5) is 0 Å². The zero-order valence-corrected chi connectivity index (χ0v) is 7.90. The Morgan fingerprint density at radius 2 is 1.85 bits per heavy atom. The number of hydrogen-bond acceptors (Lipinski definition) is 4. The Balaban J connectivity index is 4.82. The molecule has 0 rings (SSSR count). The van der Waals surface area contributed by atoms with Crippen molar-refractivity contribution in [2.24, 2.45) is 0 Å². The van der Waals surface area contributed by atoms with Crippen molar-refractivity contribution in [2.75, 3.05) is 21.2 Å². The Hall–Kier alpha value is -1.94. The van der Waals surface area contributed by atoms with Crippen molar-refractivity contribution in [3.8, 4) is 12.1 Å². The Morgan fingerprint density at radius 1 is 1.31 bits per heavy atom. The van der Waals surface area contributed by atoms with E-state index in [1.165, 1.54) is 7.11 Å². The maximum atomic E-state index is 8.53. The first-order chi connectivity index (χ1) is 6.15. The van der Waals surface area contributed by atoms with E-state index in [1.807, 2.05) is 14.1 Å². The molecule has 0 aliphatic carbocycles. The summed E-state index contributed by atoms with van der Waals surface area (Å²) in [5, 5.41) is 17.1. The molecule has 4 nitrogen and oxygen atoms in total. The van der Waals surface area contributed by atoms with Crippen LogP contribution in [0, 0.1) is 22.7 Å². The van der Waals surface area contributed by atoms with Crippen LogP contribution in [0.2, 0.25) is 0 Å². The van der Waals surface area contributed by atoms with Crippen LogP contribution in [-0.4, -0.2) is 26.1 Å². The molecule has 13 heavy (non-hydrogen) atoms. The van der Waals surface area contributed by atoms with E-state index in [0.717, 1.165) is 0 Å². The zero-order valence-electron chi connectivity index (χ0n) is 7.90. The maximum Gasteiger partial charge on any atom is 0.171 e. The van der Waals surface area contributed by atoms with Crippen molar-refractivity contribution in [3.63, 3.8) is 0 Å². The number of methoxy groups -OCH3 is 1. The fourth-order valence-electron chi connectivity index (χ4n) is 0.605. The summed E-state index contributed by atoms with van der Waals surface area (Å²) in [6.07, 6.45) is 3.27. The third kappa shape index (κ3) is 3.83. The van der Waals surface area contributed by atoms with Crippen LogP contribution in [0.3, 0.4) is 0 Å². The van der Waals surface area contributed by atoms with E-state index in [0.29, 0.717) is 0 Å². The van der Waals surface area contributed by atoms with Crippen LogP contribution in [0.1, 0.15) is 0 Å². The van der Waals surface area contributed by atoms with E-state index < -0.39 is 0 Å². The fourth-order valence-corrected chi connectivity index (χ4v) is 0.605. The molecule has 0 unspecified atom stereocenters. The van der Waals surface area contributed by atoms with Crippen molar-refractivity contribution in [2.45, 2.75) is 0 Å². The zero-order chi connectivity index (χ0) is 10.3. The molecule has 0 aromatic heterocycles. The summed E-state index contributed by atoms with van der Waals surface area (Å²) in [6.45, 7) is 0. The molecule has 0 N–H and O–H groups in total. The van der Waals surface area contributed by atoms with Crippen LogP contribution in [0.5, 0.6) is 0 Å². The molecule has 0 atom stereocenters. The van der Waals surface area contributed by atoms with Gasteiger partial charge in [-0.3, -0.25) is 0 Å². The number of rotatable bonds is 3. The molecule has 0 aromatic rings. The SMILES string of the molecule is COC(/C=C\N(C)C)=C(C#N)C#N. The quantitative estimate of drug-likeness (QED) is 0.366. The van der Waals surface area contributed by atoms with E-state index in [2.05, 4.69) is 0 Å². The van der Waals surface area contributed by atoms with Crippen molar-refractivity contribution in [1.29, 1.82) is 10.5 Å². The highest BCUT2D eigenvalue weighted by atomic mass is 16.5. The summed E-state index contributed by atoms with van der Waals surface area (Å²) in [7, 11) is 5.09. The molecule has 0 bridgehead atoms. The highest BCUT2D eigenvalue weighted by molar-refractivity contribution is 5.41. The molecule has 0 amide bonds. The van der Waals surface area contributed by atoms with Gasteiger partial charge in [0.1, 0.15) is 17.9 Å². The Morgan fingerprint density at radius 3 is 2.15 bits per heavy atom. The fraction of sp³-hybridized carbons (Fsp3) is 0.333.